The SMILES string of the molecule is O=C(NC(Cc1c[nH]c2ccccc12)C(=O)NCCCSc1ccccc1)c1ccccc1Cl. The number of carbonyl (C=O) groups excluding carboxylic acids is 2. The van der Waals surface area contributed by atoms with Gasteiger partial charge in [-0.3, -0.25) is 9.59 Å². The first-order valence-corrected chi connectivity index (χ1v) is 12.5. The number of aromatic amines is 1. The first-order valence-electron chi connectivity index (χ1n) is 11.2. The van der Waals surface area contributed by atoms with Crippen LogP contribution in [-0.2, 0) is 11.2 Å². The van der Waals surface area contributed by atoms with Crippen LogP contribution in [0, 0.1) is 0 Å². The predicted octanol–water partition coefficient (Wildman–Crippen LogP) is 5.46. The molecule has 1 atom stereocenters. The lowest BCUT2D eigenvalue weighted by molar-refractivity contribution is -0.122. The van der Waals surface area contributed by atoms with E-state index in [0.29, 0.717) is 23.6 Å². The van der Waals surface area contributed by atoms with E-state index in [1.165, 1.54) is 4.90 Å². The Hall–Kier alpha value is -3.22. The molecule has 34 heavy (non-hydrogen) atoms. The summed E-state index contributed by atoms with van der Waals surface area (Å²) < 4.78 is 0. The molecule has 4 aromatic rings. The maximum atomic E-state index is 13.1. The molecule has 0 spiro atoms. The van der Waals surface area contributed by atoms with Gasteiger partial charge in [0.25, 0.3) is 5.91 Å². The van der Waals surface area contributed by atoms with Crippen LogP contribution < -0.4 is 10.6 Å². The zero-order chi connectivity index (χ0) is 23.8. The highest BCUT2D eigenvalue weighted by Crippen LogP contribution is 2.20. The number of aromatic nitrogens is 1. The maximum Gasteiger partial charge on any atom is 0.253 e. The second-order valence-corrected chi connectivity index (χ2v) is 9.45. The molecule has 0 aliphatic heterocycles. The lowest BCUT2D eigenvalue weighted by atomic mass is 10.0. The molecule has 1 aromatic heterocycles. The van der Waals surface area contributed by atoms with Crippen molar-refractivity contribution in [2.75, 3.05) is 12.3 Å². The first kappa shape index (κ1) is 23.9. The Morgan fingerprint density at radius 1 is 0.941 bits per heavy atom. The number of benzene rings is 3. The molecule has 0 aliphatic rings. The van der Waals surface area contributed by atoms with Gasteiger partial charge >= 0.3 is 0 Å². The van der Waals surface area contributed by atoms with Gasteiger partial charge in [0.15, 0.2) is 0 Å². The van der Waals surface area contributed by atoms with Gasteiger partial charge in [-0.25, -0.2) is 0 Å². The highest BCUT2D eigenvalue weighted by molar-refractivity contribution is 7.99. The average Bonchev–Trinajstić information content (AvgIpc) is 3.27. The molecule has 0 saturated heterocycles. The smallest absolute Gasteiger partial charge is 0.253 e. The second-order valence-electron chi connectivity index (χ2n) is 7.88. The predicted molar refractivity (Wildman–Crippen MR) is 140 cm³/mol. The van der Waals surface area contributed by atoms with Crippen molar-refractivity contribution in [3.05, 3.63) is 101 Å². The molecule has 1 heterocycles. The largest absolute Gasteiger partial charge is 0.361 e. The van der Waals surface area contributed by atoms with E-state index in [2.05, 4.69) is 27.8 Å². The van der Waals surface area contributed by atoms with Gasteiger partial charge in [-0.2, -0.15) is 0 Å². The van der Waals surface area contributed by atoms with Crippen LogP contribution in [0.4, 0.5) is 0 Å². The van der Waals surface area contributed by atoms with Crippen molar-refractivity contribution in [1.29, 1.82) is 0 Å². The van der Waals surface area contributed by atoms with E-state index in [-0.39, 0.29) is 11.8 Å². The highest BCUT2D eigenvalue weighted by atomic mass is 35.5. The van der Waals surface area contributed by atoms with Crippen molar-refractivity contribution >= 4 is 46.1 Å². The van der Waals surface area contributed by atoms with Gasteiger partial charge in [-0.1, -0.05) is 60.1 Å². The lowest BCUT2D eigenvalue weighted by Gasteiger charge is -2.19. The topological polar surface area (TPSA) is 74.0 Å². The normalized spacial score (nSPS) is 11.8. The van der Waals surface area contributed by atoms with Crippen LogP contribution in [0.25, 0.3) is 10.9 Å². The third-order valence-electron chi connectivity index (χ3n) is 5.47. The summed E-state index contributed by atoms with van der Waals surface area (Å²) in [6.45, 7) is 0.533. The van der Waals surface area contributed by atoms with E-state index in [9.17, 15) is 9.59 Å². The minimum atomic E-state index is -0.732. The maximum absolute atomic E-state index is 13.1. The molecule has 2 amide bonds. The van der Waals surface area contributed by atoms with Crippen molar-refractivity contribution in [1.82, 2.24) is 15.6 Å². The van der Waals surface area contributed by atoms with Gasteiger partial charge in [-0.05, 0) is 48.1 Å². The summed E-state index contributed by atoms with van der Waals surface area (Å²) in [6.07, 6.45) is 3.08. The fraction of sp³-hybridized carbons (Fsp3) is 0.185. The van der Waals surface area contributed by atoms with E-state index in [4.69, 9.17) is 11.6 Å². The van der Waals surface area contributed by atoms with Gasteiger partial charge in [0.05, 0.1) is 10.6 Å². The summed E-state index contributed by atoms with van der Waals surface area (Å²) in [5, 5.41) is 7.26. The molecule has 5 nitrogen and oxygen atoms in total. The molecule has 3 aromatic carbocycles. The molecular formula is C27H26ClN3O2S. The highest BCUT2D eigenvalue weighted by Gasteiger charge is 2.23. The fourth-order valence-corrected chi connectivity index (χ4v) is 4.82. The van der Waals surface area contributed by atoms with Crippen molar-refractivity contribution in [3.8, 4) is 0 Å². The molecule has 0 fully saturated rings. The third kappa shape index (κ3) is 6.22. The summed E-state index contributed by atoms with van der Waals surface area (Å²) in [5.74, 6) is 0.309. The van der Waals surface area contributed by atoms with Crippen LogP contribution in [0.15, 0.2) is 90.0 Å². The molecule has 0 saturated carbocycles. The van der Waals surface area contributed by atoms with Gasteiger partial charge in [0, 0.05) is 35.0 Å². The Morgan fingerprint density at radius 3 is 2.50 bits per heavy atom. The zero-order valence-corrected chi connectivity index (χ0v) is 20.2. The van der Waals surface area contributed by atoms with Crippen LogP contribution in [0.3, 0.4) is 0 Å². The summed E-state index contributed by atoms with van der Waals surface area (Å²) >= 11 is 7.96. The van der Waals surface area contributed by atoms with Gasteiger partial charge < -0.3 is 15.6 Å². The van der Waals surface area contributed by atoms with Crippen molar-refractivity contribution in [2.45, 2.75) is 23.8 Å². The van der Waals surface area contributed by atoms with Gasteiger partial charge in [0.2, 0.25) is 5.91 Å². The summed E-state index contributed by atoms with van der Waals surface area (Å²) in [7, 11) is 0. The lowest BCUT2D eigenvalue weighted by Crippen LogP contribution is -2.48. The van der Waals surface area contributed by atoms with Crippen LogP contribution in [0.1, 0.15) is 22.3 Å². The average molecular weight is 492 g/mol. The fourth-order valence-electron chi connectivity index (χ4n) is 3.72. The van der Waals surface area contributed by atoms with Gasteiger partial charge in [0.1, 0.15) is 6.04 Å². The molecule has 4 rings (SSSR count). The van der Waals surface area contributed by atoms with Crippen LogP contribution in [0.5, 0.6) is 0 Å². The minimum absolute atomic E-state index is 0.213. The quantitative estimate of drug-likeness (QED) is 0.204. The molecule has 0 aliphatic carbocycles. The van der Waals surface area contributed by atoms with Crippen molar-refractivity contribution in [3.63, 3.8) is 0 Å². The van der Waals surface area contributed by atoms with Crippen LogP contribution in [-0.4, -0.2) is 35.1 Å². The van der Waals surface area contributed by atoms with Gasteiger partial charge in [-0.15, -0.1) is 11.8 Å². The molecule has 174 valence electrons. The number of hydrogen-bond acceptors (Lipinski definition) is 3. The molecule has 0 bridgehead atoms. The Kier molecular flexibility index (Phi) is 8.28. The first-order chi connectivity index (χ1) is 16.6. The van der Waals surface area contributed by atoms with E-state index in [0.717, 1.165) is 28.6 Å². The third-order valence-corrected chi connectivity index (χ3v) is 6.90. The molecular weight excluding hydrogens is 466 g/mol. The number of fused-ring (bicyclic) bond motifs is 1. The Morgan fingerprint density at radius 2 is 1.68 bits per heavy atom. The van der Waals surface area contributed by atoms with E-state index >= 15 is 0 Å². The summed E-state index contributed by atoms with van der Waals surface area (Å²) in [4.78, 5) is 30.5. The van der Waals surface area contributed by atoms with Crippen LogP contribution >= 0.6 is 23.4 Å². The van der Waals surface area contributed by atoms with E-state index < -0.39 is 6.04 Å². The molecule has 1 unspecified atom stereocenters. The Labute approximate surface area is 208 Å². The number of H-pyrrole nitrogens is 1. The number of carbonyl (C=O) groups is 2. The Balaban J connectivity index is 1.41. The van der Waals surface area contributed by atoms with E-state index in [1.807, 2.05) is 48.7 Å². The number of halogens is 1. The molecule has 0 radical (unpaired) electrons. The van der Waals surface area contributed by atoms with Crippen LogP contribution in [0.2, 0.25) is 5.02 Å². The second kappa shape index (κ2) is 11.8. The standard InChI is InChI=1S/C27H26ClN3O2S/c28-23-13-6-4-12-22(23)26(32)31-25(17-19-18-30-24-14-7-5-11-21(19)24)27(33)29-15-8-16-34-20-9-2-1-3-10-20/h1-7,9-14,18,25,30H,8,15-17H2,(H,29,33)(H,31,32). The molecule has 3 N–H and O–H groups in total. The minimum Gasteiger partial charge on any atom is -0.361 e. The Bertz CT molecular complexity index is 1260. The number of para-hydroxylation sites is 1. The monoisotopic (exact) mass is 491 g/mol. The summed E-state index contributed by atoms with van der Waals surface area (Å²) in [5.41, 5.74) is 2.31. The number of amides is 2. The van der Waals surface area contributed by atoms with Crippen molar-refractivity contribution in [2.24, 2.45) is 0 Å². The molecule has 7 heteroatoms. The number of rotatable bonds is 10. The van der Waals surface area contributed by atoms with E-state index in [1.54, 1.807) is 36.0 Å². The number of hydrogen-bond donors (Lipinski definition) is 3. The van der Waals surface area contributed by atoms with Crippen molar-refractivity contribution < 1.29 is 9.59 Å². The summed E-state index contributed by atoms with van der Waals surface area (Å²) in [6, 6.07) is 24.2. The number of thioether (sulfide) groups is 1. The zero-order valence-electron chi connectivity index (χ0n) is 18.6. The number of nitrogens with one attached hydrogen (secondary N) is 3.